The van der Waals surface area contributed by atoms with E-state index in [1.54, 1.807) is 0 Å². The van der Waals surface area contributed by atoms with E-state index in [1.807, 2.05) is 17.9 Å². The van der Waals surface area contributed by atoms with Gasteiger partial charge in [0.05, 0.1) is 5.69 Å². The molecule has 2 rings (SSSR count). The molecule has 1 aromatic heterocycles. The Balaban J connectivity index is 2.46. The molecule has 2 aromatic rings. The molecule has 0 spiro atoms. The third-order valence-electron chi connectivity index (χ3n) is 2.68. The van der Waals surface area contributed by atoms with Crippen LogP contribution in [0.25, 0.3) is 11.3 Å². The maximum Gasteiger partial charge on any atom is 0.0685 e. The Kier molecular flexibility index (Phi) is 3.37. The second-order valence-electron chi connectivity index (χ2n) is 3.72. The van der Waals surface area contributed by atoms with Crippen LogP contribution in [0.5, 0.6) is 0 Å². The van der Waals surface area contributed by atoms with E-state index in [-0.39, 0.29) is 0 Å². The van der Waals surface area contributed by atoms with Crippen molar-refractivity contribution in [2.45, 2.75) is 20.0 Å². The van der Waals surface area contributed by atoms with Gasteiger partial charge < -0.3 is 5.32 Å². The molecule has 0 amide bonds. The highest BCUT2D eigenvalue weighted by Gasteiger charge is 2.07. The fourth-order valence-electron chi connectivity index (χ4n) is 1.93. The van der Waals surface area contributed by atoms with Crippen LogP contribution in [0.1, 0.15) is 12.5 Å². The molecule has 0 saturated heterocycles. The van der Waals surface area contributed by atoms with Crippen LogP contribution in [0, 0.1) is 0 Å². The fraction of sp³-hybridized carbons (Fsp3) is 0.308. The Morgan fingerprint density at radius 1 is 1.25 bits per heavy atom. The van der Waals surface area contributed by atoms with Crippen molar-refractivity contribution >= 4 is 0 Å². The predicted octanol–water partition coefficient (Wildman–Crippen LogP) is 2.29. The predicted molar refractivity (Wildman–Crippen MR) is 66.1 cm³/mol. The van der Waals surface area contributed by atoms with Crippen LogP contribution in [0.3, 0.4) is 0 Å². The van der Waals surface area contributed by atoms with Gasteiger partial charge in [-0.2, -0.15) is 5.10 Å². The SMILES string of the molecule is CCn1nccc1-c1ccccc1CNC. The normalized spacial score (nSPS) is 10.6. The van der Waals surface area contributed by atoms with Crippen LogP contribution in [-0.2, 0) is 13.1 Å². The van der Waals surface area contributed by atoms with Gasteiger partial charge in [0.25, 0.3) is 0 Å². The summed E-state index contributed by atoms with van der Waals surface area (Å²) in [5, 5.41) is 7.50. The fourth-order valence-corrected chi connectivity index (χ4v) is 1.93. The first-order valence-corrected chi connectivity index (χ1v) is 5.61. The lowest BCUT2D eigenvalue weighted by atomic mass is 10.0. The summed E-state index contributed by atoms with van der Waals surface area (Å²) in [6.45, 7) is 3.89. The Hall–Kier alpha value is -1.61. The lowest BCUT2D eigenvalue weighted by Crippen LogP contribution is -2.07. The molecular weight excluding hydrogens is 198 g/mol. The van der Waals surface area contributed by atoms with E-state index in [0.717, 1.165) is 13.1 Å². The molecule has 3 heteroatoms. The molecule has 0 radical (unpaired) electrons. The molecule has 3 nitrogen and oxygen atoms in total. The monoisotopic (exact) mass is 215 g/mol. The highest BCUT2D eigenvalue weighted by atomic mass is 15.3. The van der Waals surface area contributed by atoms with Crippen molar-refractivity contribution < 1.29 is 0 Å². The minimum Gasteiger partial charge on any atom is -0.316 e. The van der Waals surface area contributed by atoms with Crippen LogP contribution in [-0.4, -0.2) is 16.8 Å². The van der Waals surface area contributed by atoms with Crippen LogP contribution < -0.4 is 5.32 Å². The number of aromatic nitrogens is 2. The van der Waals surface area contributed by atoms with Crippen molar-refractivity contribution in [1.29, 1.82) is 0 Å². The first kappa shape index (κ1) is 10.9. The maximum atomic E-state index is 4.31. The number of aryl methyl sites for hydroxylation is 1. The zero-order valence-electron chi connectivity index (χ0n) is 9.77. The average Bonchev–Trinajstić information content (AvgIpc) is 2.78. The number of nitrogens with zero attached hydrogens (tertiary/aromatic N) is 2. The first-order valence-electron chi connectivity index (χ1n) is 5.61. The number of hydrogen-bond donors (Lipinski definition) is 1. The van der Waals surface area contributed by atoms with Crippen molar-refractivity contribution in [2.24, 2.45) is 0 Å². The van der Waals surface area contributed by atoms with E-state index in [4.69, 9.17) is 0 Å². The molecule has 16 heavy (non-hydrogen) atoms. The van der Waals surface area contributed by atoms with Crippen molar-refractivity contribution in [3.63, 3.8) is 0 Å². The van der Waals surface area contributed by atoms with Gasteiger partial charge in [0.15, 0.2) is 0 Å². The molecule has 0 saturated carbocycles. The molecule has 0 fully saturated rings. The standard InChI is InChI=1S/C13H17N3/c1-3-16-13(8-9-15-16)12-7-5-4-6-11(12)10-14-2/h4-9,14H,3,10H2,1-2H3. The Bertz CT molecular complexity index is 460. The third-order valence-corrected chi connectivity index (χ3v) is 2.68. The molecule has 0 aliphatic carbocycles. The molecular formula is C13H17N3. The lowest BCUT2D eigenvalue weighted by molar-refractivity contribution is 0.666. The van der Waals surface area contributed by atoms with Gasteiger partial charge >= 0.3 is 0 Å². The van der Waals surface area contributed by atoms with Crippen LogP contribution >= 0.6 is 0 Å². The largest absolute Gasteiger partial charge is 0.316 e. The van der Waals surface area contributed by atoms with E-state index in [2.05, 4.69) is 47.7 Å². The summed E-state index contributed by atoms with van der Waals surface area (Å²) in [4.78, 5) is 0. The van der Waals surface area contributed by atoms with Gasteiger partial charge in [0, 0.05) is 24.8 Å². The van der Waals surface area contributed by atoms with Gasteiger partial charge in [0.1, 0.15) is 0 Å². The molecule has 0 unspecified atom stereocenters. The van der Waals surface area contributed by atoms with Crippen molar-refractivity contribution in [3.8, 4) is 11.3 Å². The highest BCUT2D eigenvalue weighted by molar-refractivity contribution is 5.63. The Morgan fingerprint density at radius 2 is 2.06 bits per heavy atom. The molecule has 0 aliphatic rings. The summed E-state index contributed by atoms with van der Waals surface area (Å²) < 4.78 is 2.02. The van der Waals surface area contributed by atoms with Gasteiger partial charge in [-0.05, 0) is 25.6 Å². The summed E-state index contributed by atoms with van der Waals surface area (Å²) in [5.41, 5.74) is 3.75. The van der Waals surface area contributed by atoms with Gasteiger partial charge in [-0.1, -0.05) is 24.3 Å². The second-order valence-corrected chi connectivity index (χ2v) is 3.72. The van der Waals surface area contributed by atoms with Crippen LogP contribution in [0.15, 0.2) is 36.5 Å². The minimum atomic E-state index is 0.880. The van der Waals surface area contributed by atoms with Crippen LogP contribution in [0.2, 0.25) is 0 Å². The lowest BCUT2D eigenvalue weighted by Gasteiger charge is -2.10. The zero-order valence-corrected chi connectivity index (χ0v) is 9.77. The molecule has 1 heterocycles. The summed E-state index contributed by atoms with van der Waals surface area (Å²) in [7, 11) is 1.97. The molecule has 1 aromatic carbocycles. The number of benzene rings is 1. The summed E-state index contributed by atoms with van der Waals surface area (Å²) in [6, 6.07) is 10.5. The summed E-state index contributed by atoms with van der Waals surface area (Å²) >= 11 is 0. The van der Waals surface area contributed by atoms with Gasteiger partial charge in [-0.3, -0.25) is 4.68 Å². The van der Waals surface area contributed by atoms with Gasteiger partial charge in [-0.15, -0.1) is 0 Å². The number of hydrogen-bond acceptors (Lipinski definition) is 2. The number of rotatable bonds is 4. The molecule has 0 aliphatic heterocycles. The molecule has 0 atom stereocenters. The summed E-state index contributed by atoms with van der Waals surface area (Å²) in [6.07, 6.45) is 1.86. The topological polar surface area (TPSA) is 29.9 Å². The third kappa shape index (κ3) is 1.99. The van der Waals surface area contributed by atoms with Gasteiger partial charge in [-0.25, -0.2) is 0 Å². The van der Waals surface area contributed by atoms with E-state index >= 15 is 0 Å². The Morgan fingerprint density at radius 3 is 2.81 bits per heavy atom. The van der Waals surface area contributed by atoms with Crippen LogP contribution in [0.4, 0.5) is 0 Å². The first-order chi connectivity index (χ1) is 7.86. The highest BCUT2D eigenvalue weighted by Crippen LogP contribution is 2.23. The average molecular weight is 215 g/mol. The summed E-state index contributed by atoms with van der Waals surface area (Å²) in [5.74, 6) is 0. The Labute approximate surface area is 96.1 Å². The van der Waals surface area contributed by atoms with E-state index < -0.39 is 0 Å². The van der Waals surface area contributed by atoms with Crippen molar-refractivity contribution in [3.05, 3.63) is 42.1 Å². The van der Waals surface area contributed by atoms with Crippen molar-refractivity contribution in [1.82, 2.24) is 15.1 Å². The second kappa shape index (κ2) is 4.94. The van der Waals surface area contributed by atoms with E-state index in [9.17, 15) is 0 Å². The van der Waals surface area contributed by atoms with E-state index in [0.29, 0.717) is 0 Å². The van der Waals surface area contributed by atoms with Crippen molar-refractivity contribution in [2.75, 3.05) is 7.05 Å². The van der Waals surface area contributed by atoms with Gasteiger partial charge in [0.2, 0.25) is 0 Å². The molecule has 1 N–H and O–H groups in total. The molecule has 84 valence electrons. The quantitative estimate of drug-likeness (QED) is 0.848. The number of nitrogens with one attached hydrogen (secondary N) is 1. The zero-order chi connectivity index (χ0) is 11.4. The maximum absolute atomic E-state index is 4.31. The molecule has 0 bridgehead atoms. The minimum absolute atomic E-state index is 0.880. The smallest absolute Gasteiger partial charge is 0.0685 e. The van der Waals surface area contributed by atoms with E-state index in [1.165, 1.54) is 16.8 Å².